The van der Waals surface area contributed by atoms with Crippen molar-refractivity contribution in [2.45, 2.75) is 45.1 Å². The molecule has 3 aromatic rings. The van der Waals surface area contributed by atoms with Gasteiger partial charge in [-0.15, -0.1) is 0 Å². The number of para-hydroxylation sites is 1. The smallest absolute Gasteiger partial charge is 0.274 e. The second kappa shape index (κ2) is 10.1. The maximum atomic E-state index is 13.8. The number of aromatic nitrogens is 1. The van der Waals surface area contributed by atoms with Gasteiger partial charge in [0.25, 0.3) is 11.1 Å². The number of hydrogen-bond donors (Lipinski definition) is 0. The molecule has 164 valence electrons. The minimum atomic E-state index is -0.332. The van der Waals surface area contributed by atoms with Crippen molar-refractivity contribution in [1.29, 1.82) is 0 Å². The highest BCUT2D eigenvalue weighted by Crippen LogP contribution is 2.31. The van der Waals surface area contributed by atoms with Gasteiger partial charge in [0.05, 0.1) is 11.3 Å². The third kappa shape index (κ3) is 5.34. The van der Waals surface area contributed by atoms with Gasteiger partial charge in [-0.25, -0.2) is 4.39 Å². The van der Waals surface area contributed by atoms with Gasteiger partial charge >= 0.3 is 0 Å². The third-order valence-corrected chi connectivity index (χ3v) is 6.38. The molecule has 0 unspecified atom stereocenters. The number of amides is 1. The molecule has 7 heteroatoms. The lowest BCUT2D eigenvalue weighted by atomic mass is 10.1. The summed E-state index contributed by atoms with van der Waals surface area (Å²) >= 11 is 1.35. The van der Waals surface area contributed by atoms with E-state index < -0.39 is 0 Å². The van der Waals surface area contributed by atoms with Crippen LogP contribution in [0.5, 0.6) is 10.9 Å². The molecule has 31 heavy (non-hydrogen) atoms. The average molecular weight is 443 g/mol. The highest BCUT2D eigenvalue weighted by atomic mass is 32.1. The molecule has 0 spiro atoms. The van der Waals surface area contributed by atoms with Crippen LogP contribution in [0, 0.1) is 5.82 Å². The Labute approximate surface area is 185 Å². The Morgan fingerprint density at radius 3 is 2.65 bits per heavy atom. The normalized spacial score (nSPS) is 14.7. The predicted molar refractivity (Wildman–Crippen MR) is 121 cm³/mol. The predicted octanol–water partition coefficient (Wildman–Crippen LogP) is 5.69. The van der Waals surface area contributed by atoms with Crippen LogP contribution >= 0.6 is 11.3 Å². The number of nitrogens with zero attached hydrogens (tertiary/aromatic N) is 2. The van der Waals surface area contributed by atoms with Crippen molar-refractivity contribution >= 4 is 27.5 Å². The van der Waals surface area contributed by atoms with E-state index >= 15 is 0 Å². The summed E-state index contributed by atoms with van der Waals surface area (Å²) in [5.74, 6) is 0.492. The number of ether oxygens (including phenoxy) is 2. The van der Waals surface area contributed by atoms with Gasteiger partial charge in [0.1, 0.15) is 23.2 Å². The Morgan fingerprint density at radius 2 is 1.94 bits per heavy atom. The lowest BCUT2D eigenvalue weighted by molar-refractivity contribution is 0.0595. The van der Waals surface area contributed by atoms with Crippen LogP contribution in [0.3, 0.4) is 0 Å². The van der Waals surface area contributed by atoms with Crippen LogP contribution in [0.25, 0.3) is 10.2 Å². The molecule has 0 atom stereocenters. The number of fused-ring (bicyclic) bond motifs is 1. The number of hydrogen-bond acceptors (Lipinski definition) is 5. The van der Waals surface area contributed by atoms with Crippen LogP contribution in [0.1, 0.15) is 49.4 Å². The molecule has 1 saturated heterocycles. The molecule has 1 fully saturated rings. The first-order chi connectivity index (χ1) is 15.1. The summed E-state index contributed by atoms with van der Waals surface area (Å²) in [6.07, 6.45) is 4.79. The number of thiazole rings is 1. The molecule has 0 radical (unpaired) electrons. The molecular weight excluding hydrogens is 415 g/mol. The molecule has 0 aliphatic carbocycles. The van der Waals surface area contributed by atoms with Gasteiger partial charge in [0.2, 0.25) is 0 Å². The van der Waals surface area contributed by atoms with Gasteiger partial charge in [-0.3, -0.25) is 4.79 Å². The molecule has 1 amide bonds. The van der Waals surface area contributed by atoms with Crippen molar-refractivity contribution < 1.29 is 18.7 Å². The fourth-order valence-corrected chi connectivity index (χ4v) is 4.58. The Bertz CT molecular complexity index is 1010. The van der Waals surface area contributed by atoms with Gasteiger partial charge in [-0.05, 0) is 42.8 Å². The first-order valence-corrected chi connectivity index (χ1v) is 11.7. The first-order valence-electron chi connectivity index (χ1n) is 10.9. The topological polar surface area (TPSA) is 51.7 Å². The quantitative estimate of drug-likeness (QED) is 0.421. The Hall–Kier alpha value is -2.67. The Balaban J connectivity index is 1.27. The van der Waals surface area contributed by atoms with Crippen LogP contribution in [0.4, 0.5) is 4.39 Å². The molecule has 0 N–H and O–H groups in total. The van der Waals surface area contributed by atoms with Crippen LogP contribution in [0.15, 0.2) is 42.5 Å². The fourth-order valence-electron chi connectivity index (χ4n) is 3.68. The summed E-state index contributed by atoms with van der Waals surface area (Å²) in [4.78, 5) is 19.0. The van der Waals surface area contributed by atoms with E-state index in [-0.39, 0.29) is 17.8 Å². The Kier molecular flexibility index (Phi) is 7.02. The number of halogens is 1. The summed E-state index contributed by atoms with van der Waals surface area (Å²) in [5.41, 5.74) is 1.02. The fraction of sp³-hybridized carbons (Fsp3) is 0.417. The summed E-state index contributed by atoms with van der Waals surface area (Å²) < 4.78 is 26.3. The lowest BCUT2D eigenvalue weighted by Crippen LogP contribution is -2.41. The van der Waals surface area contributed by atoms with Crippen molar-refractivity contribution in [2.75, 3.05) is 19.7 Å². The van der Waals surface area contributed by atoms with E-state index in [4.69, 9.17) is 9.47 Å². The minimum Gasteiger partial charge on any atom is -0.494 e. The second-order valence-corrected chi connectivity index (χ2v) is 8.75. The molecule has 1 aliphatic rings. The minimum absolute atomic E-state index is 0.0217. The molecule has 4 rings (SSSR count). The number of likely N-dealkylation sites (tertiary alicyclic amines) is 1. The number of rotatable bonds is 8. The van der Waals surface area contributed by atoms with E-state index in [1.807, 2.05) is 35.2 Å². The summed E-state index contributed by atoms with van der Waals surface area (Å²) in [5, 5.41) is 0.486. The summed E-state index contributed by atoms with van der Waals surface area (Å²) in [6, 6.07) is 12.3. The maximum absolute atomic E-state index is 13.8. The first kappa shape index (κ1) is 21.6. The highest BCUT2D eigenvalue weighted by Gasteiger charge is 2.25. The van der Waals surface area contributed by atoms with Gasteiger partial charge in [-0.2, -0.15) is 4.98 Å². The standard InChI is InChI=1S/C24H27FN2O3S/c1-2-3-4-16-29-18-10-8-17(9-11-18)23(28)27-14-12-19(13-15-27)30-24-26-22-20(25)6-5-7-21(22)31-24/h5-11,19H,2-4,12-16H2,1H3. The molecular formula is C24H27FN2O3S. The molecule has 5 nitrogen and oxygen atoms in total. The van der Waals surface area contributed by atoms with Crippen molar-refractivity contribution in [3.63, 3.8) is 0 Å². The van der Waals surface area contributed by atoms with E-state index in [1.54, 1.807) is 6.07 Å². The van der Waals surface area contributed by atoms with Crippen LogP contribution < -0.4 is 9.47 Å². The van der Waals surface area contributed by atoms with E-state index in [2.05, 4.69) is 11.9 Å². The molecule has 0 bridgehead atoms. The average Bonchev–Trinajstić information content (AvgIpc) is 3.21. The molecule has 2 aromatic carbocycles. The number of carbonyl (C=O) groups is 1. The van der Waals surface area contributed by atoms with Gasteiger partial charge in [0.15, 0.2) is 0 Å². The maximum Gasteiger partial charge on any atom is 0.274 e. The molecule has 0 saturated carbocycles. The van der Waals surface area contributed by atoms with Crippen molar-refractivity contribution in [3.05, 3.63) is 53.8 Å². The molecule has 1 aromatic heterocycles. The second-order valence-electron chi connectivity index (χ2n) is 7.76. The van der Waals surface area contributed by atoms with Crippen LogP contribution in [0.2, 0.25) is 0 Å². The van der Waals surface area contributed by atoms with Gasteiger partial charge in [0, 0.05) is 31.5 Å². The van der Waals surface area contributed by atoms with Crippen LogP contribution in [-0.2, 0) is 0 Å². The summed E-state index contributed by atoms with van der Waals surface area (Å²) in [7, 11) is 0. The number of piperidine rings is 1. The van der Waals surface area contributed by atoms with E-state index in [1.165, 1.54) is 17.4 Å². The number of benzene rings is 2. The zero-order valence-electron chi connectivity index (χ0n) is 17.7. The monoisotopic (exact) mass is 442 g/mol. The number of unbranched alkanes of at least 4 members (excludes halogenated alkanes) is 2. The van der Waals surface area contributed by atoms with E-state index in [0.29, 0.717) is 36.0 Å². The largest absolute Gasteiger partial charge is 0.494 e. The third-order valence-electron chi connectivity index (χ3n) is 5.46. The van der Waals surface area contributed by atoms with E-state index in [0.717, 1.165) is 42.6 Å². The van der Waals surface area contributed by atoms with Crippen LogP contribution in [-0.4, -0.2) is 41.6 Å². The molecule has 2 heterocycles. The van der Waals surface area contributed by atoms with Crippen molar-refractivity contribution in [1.82, 2.24) is 9.88 Å². The van der Waals surface area contributed by atoms with Gasteiger partial charge in [-0.1, -0.05) is 37.2 Å². The van der Waals surface area contributed by atoms with Gasteiger partial charge < -0.3 is 14.4 Å². The molecule has 1 aliphatic heterocycles. The van der Waals surface area contributed by atoms with E-state index in [9.17, 15) is 9.18 Å². The highest BCUT2D eigenvalue weighted by molar-refractivity contribution is 7.20. The zero-order valence-corrected chi connectivity index (χ0v) is 18.5. The van der Waals surface area contributed by atoms with Crippen molar-refractivity contribution in [2.24, 2.45) is 0 Å². The number of carbonyl (C=O) groups excluding carboxylic acids is 1. The lowest BCUT2D eigenvalue weighted by Gasteiger charge is -2.31. The zero-order chi connectivity index (χ0) is 21.6. The Morgan fingerprint density at radius 1 is 1.16 bits per heavy atom. The summed E-state index contributed by atoms with van der Waals surface area (Å²) in [6.45, 7) is 4.11. The van der Waals surface area contributed by atoms with Crippen molar-refractivity contribution in [3.8, 4) is 10.9 Å². The SMILES string of the molecule is CCCCCOc1ccc(C(=O)N2CCC(Oc3nc4c(F)cccc4s3)CC2)cc1.